The highest BCUT2D eigenvalue weighted by Crippen LogP contribution is 2.59. The average Bonchev–Trinajstić information content (AvgIpc) is 2.90. The summed E-state index contributed by atoms with van der Waals surface area (Å²) >= 11 is 0.577. The summed E-state index contributed by atoms with van der Waals surface area (Å²) in [7, 11) is 0. The molecule has 3 unspecified atom stereocenters. The van der Waals surface area contributed by atoms with Gasteiger partial charge in [0.2, 0.25) is 0 Å². The lowest BCUT2D eigenvalue weighted by Gasteiger charge is -2.46. The van der Waals surface area contributed by atoms with E-state index >= 15 is 0 Å². The first-order valence-corrected chi connectivity index (χ1v) is 9.12. The van der Waals surface area contributed by atoms with Gasteiger partial charge < -0.3 is 9.29 Å². The summed E-state index contributed by atoms with van der Waals surface area (Å²) in [5, 5.41) is 22.1. The zero-order valence-electron chi connectivity index (χ0n) is 13.6. The summed E-state index contributed by atoms with van der Waals surface area (Å²) < 4.78 is 9.55. The fourth-order valence-electron chi connectivity index (χ4n) is 5.03. The number of benzene rings is 1. The summed E-state index contributed by atoms with van der Waals surface area (Å²) in [6.07, 6.45) is 7.31. The molecule has 24 heavy (non-hydrogen) atoms. The van der Waals surface area contributed by atoms with Crippen LogP contribution in [0.5, 0.6) is 5.75 Å². The van der Waals surface area contributed by atoms with Crippen LogP contribution >= 0.6 is 12.3 Å². The maximum Gasteiger partial charge on any atom is 0.261 e. The van der Waals surface area contributed by atoms with Crippen LogP contribution in [0.4, 0.5) is 0 Å². The lowest BCUT2D eigenvalue weighted by Crippen LogP contribution is -2.39. The van der Waals surface area contributed by atoms with Crippen LogP contribution in [-0.4, -0.2) is 16.5 Å². The van der Waals surface area contributed by atoms with Gasteiger partial charge in [-0.3, -0.25) is 0 Å². The second kappa shape index (κ2) is 6.35. The van der Waals surface area contributed by atoms with Crippen molar-refractivity contribution in [2.24, 2.45) is 11.3 Å². The van der Waals surface area contributed by atoms with Crippen molar-refractivity contribution in [1.82, 2.24) is 0 Å². The second-order valence-corrected chi connectivity index (χ2v) is 7.74. The van der Waals surface area contributed by atoms with Crippen molar-refractivity contribution in [2.45, 2.75) is 51.0 Å². The van der Waals surface area contributed by atoms with Gasteiger partial charge in [-0.1, -0.05) is 34.0 Å². The highest BCUT2D eigenvalue weighted by Gasteiger charge is 2.51. The molecule has 0 spiro atoms. The molecule has 0 aliphatic heterocycles. The fraction of sp³-hybridized carbons (Fsp3) is 0.556. The molecule has 1 aromatic carbocycles. The Kier molecular flexibility index (Phi) is 4.34. The van der Waals surface area contributed by atoms with Crippen LogP contribution in [0, 0.1) is 11.3 Å². The second-order valence-electron chi connectivity index (χ2n) is 7.31. The Morgan fingerprint density at radius 2 is 2.12 bits per heavy atom. The summed E-state index contributed by atoms with van der Waals surface area (Å²) in [5.41, 5.74) is 4.25. The number of rotatable bonds is 4. The lowest BCUT2D eigenvalue weighted by atomic mass is 9.59. The predicted molar refractivity (Wildman–Crippen MR) is 90.1 cm³/mol. The van der Waals surface area contributed by atoms with Crippen molar-refractivity contribution in [3.8, 4) is 5.75 Å². The van der Waals surface area contributed by atoms with Crippen molar-refractivity contribution >= 4 is 12.3 Å². The molecule has 1 aromatic rings. The van der Waals surface area contributed by atoms with Gasteiger partial charge in [0.15, 0.2) is 0 Å². The molecule has 0 bridgehead atoms. The normalized spacial score (nSPS) is 34.1. The average molecular weight is 350 g/mol. The van der Waals surface area contributed by atoms with Crippen molar-refractivity contribution in [2.75, 3.05) is 0 Å². The molecule has 4 atom stereocenters. The maximum atomic E-state index is 10.4. The van der Waals surface area contributed by atoms with Crippen LogP contribution in [0.1, 0.15) is 49.7 Å². The summed E-state index contributed by atoms with van der Waals surface area (Å²) in [5.74, 6) is 1.65. The Labute approximate surface area is 145 Å². The molecule has 2 N–H and O–H groups in total. The fourth-order valence-corrected chi connectivity index (χ4v) is 5.27. The van der Waals surface area contributed by atoms with Gasteiger partial charge in [-0.25, -0.2) is 5.26 Å². The quantitative estimate of drug-likeness (QED) is 0.279. The molecule has 3 aliphatic carbocycles. The van der Waals surface area contributed by atoms with Crippen LogP contribution in [0.3, 0.4) is 0 Å². The third-order valence-electron chi connectivity index (χ3n) is 6.30. The number of allylic oxidation sites excluding steroid dienone is 2. The van der Waals surface area contributed by atoms with Gasteiger partial charge in [0.25, 0.3) is 12.3 Å². The van der Waals surface area contributed by atoms with Gasteiger partial charge in [0.1, 0.15) is 5.75 Å². The smallest absolute Gasteiger partial charge is 0.261 e. The topological polar surface area (TPSA) is 68.2 Å². The van der Waals surface area contributed by atoms with E-state index in [2.05, 4.69) is 28.4 Å². The highest BCUT2D eigenvalue weighted by molar-refractivity contribution is 7.90. The Bertz CT molecular complexity index is 661. The number of aliphatic hydroxyl groups excluding tert-OH is 1. The van der Waals surface area contributed by atoms with Crippen molar-refractivity contribution < 1.29 is 23.9 Å². The molecule has 0 aromatic heterocycles. The van der Waals surface area contributed by atoms with Crippen molar-refractivity contribution in [3.05, 3.63) is 41.0 Å². The minimum absolute atomic E-state index is 0.0567. The minimum atomic E-state index is -0.160. The van der Waals surface area contributed by atoms with E-state index < -0.39 is 0 Å². The van der Waals surface area contributed by atoms with E-state index in [9.17, 15) is 5.11 Å². The minimum Gasteiger partial charge on any atom is -0.399 e. The molecular weight excluding hydrogens is 328 g/mol. The van der Waals surface area contributed by atoms with E-state index in [4.69, 9.17) is 9.44 Å². The van der Waals surface area contributed by atoms with E-state index in [-0.39, 0.29) is 11.5 Å². The molecule has 0 saturated heterocycles. The SMILES string of the molecule is CC12CCC3C(=CCc4cc(OSOOO)ccc43)C1CC[C@@H]2O. The predicted octanol–water partition coefficient (Wildman–Crippen LogP) is 4.19. The number of fused-ring (bicyclic) bond motifs is 5. The Balaban J connectivity index is 1.57. The molecule has 3 aliphatic rings. The van der Waals surface area contributed by atoms with E-state index in [0.29, 0.717) is 29.9 Å². The first-order chi connectivity index (χ1) is 11.6. The molecule has 6 heteroatoms. The molecule has 5 nitrogen and oxygen atoms in total. The lowest BCUT2D eigenvalue weighted by molar-refractivity contribution is -0.433. The molecule has 4 rings (SSSR count). The van der Waals surface area contributed by atoms with Gasteiger partial charge >= 0.3 is 0 Å². The van der Waals surface area contributed by atoms with Crippen LogP contribution in [-0.2, 0) is 15.8 Å². The molecular formula is C18H22O5S. The summed E-state index contributed by atoms with van der Waals surface area (Å²) in [6.45, 7) is 2.26. The zero-order chi connectivity index (χ0) is 16.7. The summed E-state index contributed by atoms with van der Waals surface area (Å²) in [6, 6.07) is 6.08. The molecule has 0 radical (unpaired) electrons. The number of hydrogen-bond donors (Lipinski definition) is 2. The number of hydrogen-bond acceptors (Lipinski definition) is 6. The van der Waals surface area contributed by atoms with Gasteiger partial charge in [-0.15, -0.1) is 0 Å². The largest absolute Gasteiger partial charge is 0.399 e. The van der Waals surface area contributed by atoms with Crippen LogP contribution < -0.4 is 4.18 Å². The van der Waals surface area contributed by atoms with E-state index in [1.807, 2.05) is 12.1 Å². The first-order valence-electron chi connectivity index (χ1n) is 8.46. The van der Waals surface area contributed by atoms with Crippen molar-refractivity contribution in [3.63, 3.8) is 0 Å². The van der Waals surface area contributed by atoms with E-state index in [1.165, 1.54) is 16.7 Å². The van der Waals surface area contributed by atoms with E-state index in [0.717, 1.165) is 32.1 Å². The Morgan fingerprint density at radius 1 is 1.25 bits per heavy atom. The number of aliphatic hydroxyl groups is 1. The van der Waals surface area contributed by atoms with E-state index in [1.54, 1.807) is 0 Å². The van der Waals surface area contributed by atoms with Gasteiger partial charge in [0.05, 0.1) is 6.10 Å². The molecule has 130 valence electrons. The summed E-state index contributed by atoms with van der Waals surface area (Å²) in [4.78, 5) is 0. The molecule has 2 fully saturated rings. The van der Waals surface area contributed by atoms with Gasteiger partial charge in [-0.2, -0.15) is 0 Å². The molecule has 2 saturated carbocycles. The third kappa shape index (κ3) is 2.57. The van der Waals surface area contributed by atoms with Crippen molar-refractivity contribution in [1.29, 1.82) is 0 Å². The van der Waals surface area contributed by atoms with Gasteiger partial charge in [-0.05, 0) is 61.3 Å². The molecule has 0 heterocycles. The van der Waals surface area contributed by atoms with Crippen LogP contribution in [0.2, 0.25) is 0 Å². The third-order valence-corrected chi connectivity index (χ3v) is 6.68. The molecule has 0 amide bonds. The standard InChI is InChI=1S/C18H22O5S/c1-18-9-8-14-13-5-3-12(21-24-23-22-20)10-11(13)2-4-15(14)16(18)6-7-17(18)19/h3-5,10,14,16-17,19-20H,2,6-9H2,1H3/t14?,16?,17-,18?/m0/s1. The van der Waals surface area contributed by atoms with Crippen LogP contribution in [0.25, 0.3) is 0 Å². The van der Waals surface area contributed by atoms with Crippen LogP contribution in [0.15, 0.2) is 29.8 Å². The Hall–Kier alpha value is -1.05. The zero-order valence-corrected chi connectivity index (χ0v) is 14.4. The Morgan fingerprint density at radius 3 is 2.96 bits per heavy atom. The first kappa shape index (κ1) is 16.4. The highest BCUT2D eigenvalue weighted by atomic mass is 32.2. The van der Waals surface area contributed by atoms with Gasteiger partial charge in [0, 0.05) is 11.3 Å². The maximum absolute atomic E-state index is 10.4. The monoisotopic (exact) mass is 350 g/mol.